The van der Waals surface area contributed by atoms with Gasteiger partial charge in [-0.05, 0) is 38.7 Å². The van der Waals surface area contributed by atoms with Crippen molar-refractivity contribution in [1.29, 1.82) is 0 Å². The second kappa shape index (κ2) is 5.43. The number of fused-ring (bicyclic) bond motifs is 1. The number of hydrogen-bond acceptors (Lipinski definition) is 3. The molecule has 1 N–H and O–H groups in total. The van der Waals surface area contributed by atoms with Crippen LogP contribution in [0.5, 0.6) is 0 Å². The summed E-state index contributed by atoms with van der Waals surface area (Å²) < 4.78 is 5.23. The first-order valence-electron chi connectivity index (χ1n) is 6.48. The van der Waals surface area contributed by atoms with E-state index in [1.54, 1.807) is 6.08 Å². The number of aliphatic carboxylic acids is 1. The van der Waals surface area contributed by atoms with Crippen LogP contribution in [0.1, 0.15) is 32.6 Å². The van der Waals surface area contributed by atoms with E-state index in [0.717, 1.165) is 12.8 Å². The Morgan fingerprint density at radius 3 is 2.89 bits per heavy atom. The maximum atomic E-state index is 11.6. The Kier molecular flexibility index (Phi) is 3.88. The van der Waals surface area contributed by atoms with Crippen molar-refractivity contribution in [3.63, 3.8) is 0 Å². The summed E-state index contributed by atoms with van der Waals surface area (Å²) in [5, 5.41) is 9.18. The van der Waals surface area contributed by atoms with Gasteiger partial charge in [0, 0.05) is 17.1 Å². The Balaban J connectivity index is 2.32. The van der Waals surface area contributed by atoms with Crippen molar-refractivity contribution in [2.45, 2.75) is 38.7 Å². The molecular formula is C15H18O4. The Hall–Kier alpha value is -1.84. The van der Waals surface area contributed by atoms with E-state index in [4.69, 9.17) is 4.74 Å². The number of allylic oxidation sites excluding steroid dienone is 2. The normalized spacial score (nSPS) is 30.8. The summed E-state index contributed by atoms with van der Waals surface area (Å²) in [5.41, 5.74) is 1.99. The monoisotopic (exact) mass is 262 g/mol. The first kappa shape index (κ1) is 13.6. The molecule has 0 unspecified atom stereocenters. The molecule has 102 valence electrons. The maximum Gasteiger partial charge on any atom is 0.334 e. The summed E-state index contributed by atoms with van der Waals surface area (Å²) in [6.07, 6.45) is 5.98. The first-order valence-corrected chi connectivity index (χ1v) is 6.48. The minimum atomic E-state index is -0.945. The number of carbonyl (C=O) groups excluding carboxylic acids is 1. The van der Waals surface area contributed by atoms with E-state index in [0.29, 0.717) is 24.0 Å². The standard InChI is InChI=1S/C15H18O4/c1-9-4-3-5-11(14(16)17)8-13-12(7-6-9)10(2)15(18)19-13/h4,8,12-13H,2-3,5-7H2,1H3,(H,16,17)/b9-4?,11-8-/t12-,13+/m0/s1. The van der Waals surface area contributed by atoms with Gasteiger partial charge >= 0.3 is 11.9 Å². The van der Waals surface area contributed by atoms with Gasteiger partial charge in [0.15, 0.2) is 0 Å². The zero-order chi connectivity index (χ0) is 14.0. The Labute approximate surface area is 112 Å². The lowest BCUT2D eigenvalue weighted by molar-refractivity contribution is -0.138. The van der Waals surface area contributed by atoms with Crippen molar-refractivity contribution in [1.82, 2.24) is 0 Å². The molecule has 0 aromatic heterocycles. The third kappa shape index (κ3) is 2.95. The van der Waals surface area contributed by atoms with Gasteiger partial charge in [0.05, 0.1) is 0 Å². The van der Waals surface area contributed by atoms with E-state index in [1.165, 1.54) is 5.57 Å². The van der Waals surface area contributed by atoms with Crippen molar-refractivity contribution in [2.75, 3.05) is 0 Å². The lowest BCUT2D eigenvalue weighted by atomic mass is 9.88. The molecule has 1 saturated heterocycles. The van der Waals surface area contributed by atoms with Crippen LogP contribution in [0.25, 0.3) is 0 Å². The Morgan fingerprint density at radius 2 is 2.21 bits per heavy atom. The van der Waals surface area contributed by atoms with Gasteiger partial charge in [-0.3, -0.25) is 0 Å². The molecule has 0 amide bonds. The fourth-order valence-electron chi connectivity index (χ4n) is 2.54. The van der Waals surface area contributed by atoms with E-state index in [1.807, 2.05) is 6.92 Å². The second-order valence-electron chi connectivity index (χ2n) is 5.13. The average Bonchev–Trinajstić information content (AvgIpc) is 2.61. The molecule has 0 aromatic rings. The number of carboxylic acids is 1. The second-order valence-corrected chi connectivity index (χ2v) is 5.13. The van der Waals surface area contributed by atoms with Crippen LogP contribution < -0.4 is 0 Å². The molecule has 0 spiro atoms. The Morgan fingerprint density at radius 1 is 1.47 bits per heavy atom. The molecular weight excluding hydrogens is 244 g/mol. The van der Waals surface area contributed by atoms with Crippen molar-refractivity contribution < 1.29 is 19.4 Å². The van der Waals surface area contributed by atoms with Crippen LogP contribution in [0.4, 0.5) is 0 Å². The third-order valence-corrected chi connectivity index (χ3v) is 3.75. The highest BCUT2D eigenvalue weighted by Gasteiger charge is 2.37. The van der Waals surface area contributed by atoms with Crippen molar-refractivity contribution in [2.24, 2.45) is 5.92 Å². The van der Waals surface area contributed by atoms with Gasteiger partial charge < -0.3 is 9.84 Å². The van der Waals surface area contributed by atoms with Gasteiger partial charge in [0.2, 0.25) is 0 Å². The van der Waals surface area contributed by atoms with Crippen molar-refractivity contribution in [3.8, 4) is 0 Å². The molecule has 0 radical (unpaired) electrons. The topological polar surface area (TPSA) is 63.6 Å². The number of ether oxygens (including phenoxy) is 1. The molecule has 0 bridgehead atoms. The fraction of sp³-hybridized carbons (Fsp3) is 0.467. The maximum absolute atomic E-state index is 11.6. The SMILES string of the molecule is C=C1C(=O)O[C@@H]2/C=C(\C(=O)O)CCC=C(C)CC[C@@H]12. The molecule has 4 nitrogen and oxygen atoms in total. The van der Waals surface area contributed by atoms with Gasteiger partial charge in [-0.1, -0.05) is 18.2 Å². The fourth-order valence-corrected chi connectivity index (χ4v) is 2.54. The van der Waals surface area contributed by atoms with Crippen molar-refractivity contribution >= 4 is 11.9 Å². The van der Waals surface area contributed by atoms with Crippen LogP contribution in [0, 0.1) is 5.92 Å². The molecule has 1 aliphatic carbocycles. The number of esters is 1. The number of rotatable bonds is 1. The molecule has 1 aliphatic heterocycles. The highest BCUT2D eigenvalue weighted by Crippen LogP contribution is 2.34. The molecule has 0 saturated carbocycles. The van der Waals surface area contributed by atoms with Crippen LogP contribution in [-0.4, -0.2) is 23.1 Å². The molecule has 2 aliphatic rings. The first-order chi connectivity index (χ1) is 8.99. The van der Waals surface area contributed by atoms with E-state index >= 15 is 0 Å². The smallest absolute Gasteiger partial charge is 0.334 e. The number of carboxylic acid groups (broad SMARTS) is 1. The zero-order valence-electron chi connectivity index (χ0n) is 11.0. The molecule has 1 fully saturated rings. The largest absolute Gasteiger partial charge is 0.478 e. The predicted octanol–water partition coefficient (Wildman–Crippen LogP) is 2.62. The number of hydrogen-bond donors (Lipinski definition) is 1. The van der Waals surface area contributed by atoms with E-state index in [2.05, 4.69) is 12.7 Å². The van der Waals surface area contributed by atoms with Crippen molar-refractivity contribution in [3.05, 3.63) is 35.5 Å². The summed E-state index contributed by atoms with van der Waals surface area (Å²) in [6.45, 7) is 5.80. The summed E-state index contributed by atoms with van der Waals surface area (Å²) in [6, 6.07) is 0. The quantitative estimate of drug-likeness (QED) is 0.448. The molecule has 2 atom stereocenters. The van der Waals surface area contributed by atoms with Crippen LogP contribution in [0.2, 0.25) is 0 Å². The summed E-state index contributed by atoms with van der Waals surface area (Å²) in [5.74, 6) is -1.46. The lowest BCUT2D eigenvalue weighted by Crippen LogP contribution is -2.17. The zero-order valence-corrected chi connectivity index (χ0v) is 11.0. The molecule has 4 heteroatoms. The summed E-state index contributed by atoms with van der Waals surface area (Å²) in [7, 11) is 0. The van der Waals surface area contributed by atoms with Gasteiger partial charge in [0.25, 0.3) is 0 Å². The van der Waals surface area contributed by atoms with Crippen LogP contribution >= 0.6 is 0 Å². The average molecular weight is 262 g/mol. The van der Waals surface area contributed by atoms with Crippen LogP contribution in [0.3, 0.4) is 0 Å². The minimum Gasteiger partial charge on any atom is -0.478 e. The van der Waals surface area contributed by atoms with Gasteiger partial charge in [0.1, 0.15) is 6.10 Å². The highest BCUT2D eigenvalue weighted by molar-refractivity contribution is 5.92. The molecule has 19 heavy (non-hydrogen) atoms. The van der Waals surface area contributed by atoms with Gasteiger partial charge in [-0.2, -0.15) is 0 Å². The van der Waals surface area contributed by atoms with E-state index < -0.39 is 18.0 Å². The van der Waals surface area contributed by atoms with Crippen LogP contribution in [0.15, 0.2) is 35.5 Å². The summed E-state index contributed by atoms with van der Waals surface area (Å²) >= 11 is 0. The number of carbonyl (C=O) groups is 2. The Bertz CT molecular complexity index is 484. The predicted molar refractivity (Wildman–Crippen MR) is 70.5 cm³/mol. The summed E-state index contributed by atoms with van der Waals surface area (Å²) in [4.78, 5) is 22.8. The lowest BCUT2D eigenvalue weighted by Gasteiger charge is -2.17. The van der Waals surface area contributed by atoms with E-state index in [-0.39, 0.29) is 5.92 Å². The van der Waals surface area contributed by atoms with Gasteiger partial charge in [-0.15, -0.1) is 0 Å². The third-order valence-electron chi connectivity index (χ3n) is 3.75. The highest BCUT2D eigenvalue weighted by atomic mass is 16.6. The van der Waals surface area contributed by atoms with Gasteiger partial charge in [-0.25, -0.2) is 9.59 Å². The molecule has 2 rings (SSSR count). The minimum absolute atomic E-state index is 0.108. The van der Waals surface area contributed by atoms with Crippen LogP contribution in [-0.2, 0) is 14.3 Å². The molecule has 0 aromatic carbocycles. The molecule has 1 heterocycles. The van der Waals surface area contributed by atoms with E-state index in [9.17, 15) is 14.7 Å².